The first-order chi connectivity index (χ1) is 10.2. The van der Waals surface area contributed by atoms with Gasteiger partial charge in [-0.25, -0.2) is 0 Å². The lowest BCUT2D eigenvalue weighted by Crippen LogP contribution is -2.46. The first-order valence-electron chi connectivity index (χ1n) is 6.57. The summed E-state index contributed by atoms with van der Waals surface area (Å²) in [4.78, 5) is 2.01. The summed E-state index contributed by atoms with van der Waals surface area (Å²) in [5, 5.41) is 2.17. The van der Waals surface area contributed by atoms with Gasteiger partial charge in [-0.2, -0.15) is 25.9 Å². The molecule has 1 fully saturated rings. The molecule has 1 heterocycles. The minimum Gasteiger partial charge on any atom is -0.304 e. The molecule has 0 N–H and O–H groups in total. The van der Waals surface area contributed by atoms with Gasteiger partial charge in [0.15, 0.2) is 0 Å². The monoisotopic (exact) mass is 332 g/mol. The molecule has 0 aromatic heterocycles. The van der Waals surface area contributed by atoms with Crippen LogP contribution in [-0.4, -0.2) is 50.8 Å². The van der Waals surface area contributed by atoms with Gasteiger partial charge in [0.25, 0.3) is 10.0 Å². The van der Waals surface area contributed by atoms with Gasteiger partial charge >= 0.3 is 6.18 Å². The third-order valence-corrected chi connectivity index (χ3v) is 4.74. The normalized spacial score (nSPS) is 17.8. The zero-order valence-corrected chi connectivity index (χ0v) is 12.7. The summed E-state index contributed by atoms with van der Waals surface area (Å²) in [5.41, 5.74) is -0.564. The summed E-state index contributed by atoms with van der Waals surface area (Å²) in [6.07, 6.45) is -4.42. The third kappa shape index (κ3) is 4.22. The molecular formula is C14H15F3N2O2S. The number of hydrogen-bond donors (Lipinski definition) is 0. The number of benzene rings is 1. The van der Waals surface area contributed by atoms with Gasteiger partial charge in [0.05, 0.1) is 5.56 Å². The van der Waals surface area contributed by atoms with E-state index in [2.05, 4.69) is 11.2 Å². The van der Waals surface area contributed by atoms with Crippen molar-refractivity contribution in [2.45, 2.75) is 6.18 Å². The number of hydrogen-bond acceptors (Lipinski definition) is 3. The van der Waals surface area contributed by atoms with Crippen LogP contribution in [0.4, 0.5) is 13.2 Å². The maximum atomic E-state index is 12.4. The van der Waals surface area contributed by atoms with E-state index in [0.717, 1.165) is 24.3 Å². The molecular weight excluding hydrogens is 317 g/mol. The molecule has 0 bridgehead atoms. The van der Waals surface area contributed by atoms with Crippen molar-refractivity contribution >= 4 is 10.0 Å². The number of piperazine rings is 1. The molecule has 22 heavy (non-hydrogen) atoms. The molecule has 2 rings (SSSR count). The fourth-order valence-electron chi connectivity index (χ4n) is 1.96. The minimum atomic E-state index is -4.42. The molecule has 0 unspecified atom stereocenters. The van der Waals surface area contributed by atoms with Gasteiger partial charge < -0.3 is 4.90 Å². The van der Waals surface area contributed by atoms with E-state index in [9.17, 15) is 21.6 Å². The second-order valence-corrected chi connectivity index (χ2v) is 6.68. The van der Waals surface area contributed by atoms with E-state index in [1.807, 2.05) is 11.9 Å². The van der Waals surface area contributed by atoms with E-state index < -0.39 is 21.8 Å². The highest BCUT2D eigenvalue weighted by Gasteiger charge is 2.30. The summed E-state index contributed by atoms with van der Waals surface area (Å²) in [6.45, 7) is 1.98. The molecule has 1 saturated heterocycles. The fourth-order valence-corrected chi connectivity index (χ4v) is 2.98. The molecule has 0 atom stereocenters. The topological polar surface area (TPSA) is 40.6 Å². The minimum absolute atomic E-state index is 0.228. The highest BCUT2D eigenvalue weighted by molar-refractivity contribution is 7.93. The van der Waals surface area contributed by atoms with Crippen molar-refractivity contribution in [3.8, 4) is 11.2 Å². The van der Waals surface area contributed by atoms with Gasteiger partial charge in [-0.15, -0.1) is 0 Å². The van der Waals surface area contributed by atoms with Crippen LogP contribution in [0.3, 0.4) is 0 Å². The molecule has 0 amide bonds. The Hall–Kier alpha value is -1.56. The van der Waals surface area contributed by atoms with Crippen LogP contribution in [0, 0.1) is 11.2 Å². The molecule has 0 saturated carbocycles. The van der Waals surface area contributed by atoms with Crippen LogP contribution in [0.1, 0.15) is 11.1 Å². The standard InChI is InChI=1S/C14H15F3N2O2S/c1-18-7-9-19(10-8-18)22(20,21)11-6-12-2-4-13(5-3-12)14(15,16)17/h2-5H,7-10H2,1H3. The van der Waals surface area contributed by atoms with Crippen LogP contribution in [-0.2, 0) is 16.2 Å². The predicted molar refractivity (Wildman–Crippen MR) is 76.3 cm³/mol. The van der Waals surface area contributed by atoms with Gasteiger partial charge in [0.1, 0.15) is 0 Å². The Morgan fingerprint density at radius 2 is 1.59 bits per heavy atom. The first kappa shape index (κ1) is 16.8. The van der Waals surface area contributed by atoms with Crippen LogP contribution in [0.2, 0.25) is 0 Å². The highest BCUT2D eigenvalue weighted by Crippen LogP contribution is 2.28. The molecule has 4 nitrogen and oxygen atoms in total. The van der Waals surface area contributed by atoms with Crippen LogP contribution in [0.5, 0.6) is 0 Å². The Morgan fingerprint density at radius 3 is 2.09 bits per heavy atom. The number of rotatable bonds is 1. The van der Waals surface area contributed by atoms with Crippen LogP contribution < -0.4 is 0 Å². The highest BCUT2D eigenvalue weighted by atomic mass is 32.2. The Labute approximate surface area is 127 Å². The zero-order chi connectivity index (χ0) is 16.4. The van der Waals surface area contributed by atoms with E-state index in [-0.39, 0.29) is 5.56 Å². The quantitative estimate of drug-likeness (QED) is 0.734. The molecule has 120 valence electrons. The van der Waals surface area contributed by atoms with Gasteiger partial charge in [-0.05, 0) is 37.2 Å². The molecule has 0 radical (unpaired) electrons. The van der Waals surface area contributed by atoms with E-state index in [0.29, 0.717) is 26.2 Å². The Kier molecular flexibility index (Phi) is 4.80. The van der Waals surface area contributed by atoms with E-state index in [4.69, 9.17) is 0 Å². The van der Waals surface area contributed by atoms with Gasteiger partial charge in [-0.3, -0.25) is 0 Å². The van der Waals surface area contributed by atoms with E-state index >= 15 is 0 Å². The molecule has 8 heteroatoms. The molecule has 0 aliphatic carbocycles. The molecule has 1 aromatic carbocycles. The summed E-state index contributed by atoms with van der Waals surface area (Å²) >= 11 is 0. The van der Waals surface area contributed by atoms with Crippen molar-refractivity contribution in [3.63, 3.8) is 0 Å². The largest absolute Gasteiger partial charge is 0.416 e. The van der Waals surface area contributed by atoms with E-state index in [1.54, 1.807) is 0 Å². The number of halogens is 3. The van der Waals surface area contributed by atoms with Crippen molar-refractivity contribution in [1.82, 2.24) is 9.21 Å². The second-order valence-electron chi connectivity index (χ2n) is 5.01. The average Bonchev–Trinajstić information content (AvgIpc) is 2.45. The Morgan fingerprint density at radius 1 is 1.05 bits per heavy atom. The third-order valence-electron chi connectivity index (χ3n) is 3.34. The summed E-state index contributed by atoms with van der Waals surface area (Å²) in [5.74, 6) is 2.41. The number of nitrogens with zero attached hydrogens (tertiary/aromatic N) is 2. The van der Waals surface area contributed by atoms with Crippen molar-refractivity contribution < 1.29 is 21.6 Å². The molecule has 1 aliphatic heterocycles. The summed E-state index contributed by atoms with van der Waals surface area (Å²) < 4.78 is 62.7. The van der Waals surface area contributed by atoms with Crippen molar-refractivity contribution in [2.75, 3.05) is 33.2 Å². The van der Waals surface area contributed by atoms with Crippen LogP contribution in [0.25, 0.3) is 0 Å². The van der Waals surface area contributed by atoms with Crippen molar-refractivity contribution in [2.24, 2.45) is 0 Å². The van der Waals surface area contributed by atoms with Crippen LogP contribution >= 0.6 is 0 Å². The predicted octanol–water partition coefficient (Wildman–Crippen LogP) is 1.59. The van der Waals surface area contributed by atoms with Crippen molar-refractivity contribution in [3.05, 3.63) is 35.4 Å². The number of sulfonamides is 1. The first-order valence-corrected chi connectivity index (χ1v) is 8.01. The van der Waals surface area contributed by atoms with Crippen LogP contribution in [0.15, 0.2) is 24.3 Å². The van der Waals surface area contributed by atoms with Gasteiger partial charge in [-0.1, -0.05) is 0 Å². The lowest BCUT2D eigenvalue weighted by Gasteiger charge is -2.29. The summed E-state index contributed by atoms with van der Waals surface area (Å²) in [6, 6.07) is 4.09. The SMILES string of the molecule is CN1CCN(S(=O)(=O)C#Cc2ccc(C(F)(F)F)cc2)CC1. The molecule has 1 aromatic rings. The summed E-state index contributed by atoms with van der Waals surface area (Å²) in [7, 11) is -1.82. The Bertz CT molecular complexity index is 680. The smallest absolute Gasteiger partial charge is 0.304 e. The lowest BCUT2D eigenvalue weighted by molar-refractivity contribution is -0.137. The Balaban J connectivity index is 2.12. The second kappa shape index (κ2) is 6.28. The van der Waals surface area contributed by atoms with E-state index in [1.165, 1.54) is 4.31 Å². The maximum absolute atomic E-state index is 12.4. The average molecular weight is 332 g/mol. The molecule has 0 spiro atoms. The zero-order valence-electron chi connectivity index (χ0n) is 11.9. The van der Waals surface area contributed by atoms with Gasteiger partial charge in [0, 0.05) is 37.0 Å². The number of likely N-dealkylation sites (N-methyl/N-ethyl adjacent to an activating group) is 1. The maximum Gasteiger partial charge on any atom is 0.416 e. The van der Waals surface area contributed by atoms with Gasteiger partial charge in [0.2, 0.25) is 0 Å². The lowest BCUT2D eigenvalue weighted by atomic mass is 10.1. The van der Waals surface area contributed by atoms with Crippen molar-refractivity contribution in [1.29, 1.82) is 0 Å². The number of alkyl halides is 3. The molecule has 1 aliphatic rings. The fraction of sp³-hybridized carbons (Fsp3) is 0.429.